The summed E-state index contributed by atoms with van der Waals surface area (Å²) in [5, 5.41) is 30.7. The summed E-state index contributed by atoms with van der Waals surface area (Å²) in [6, 6.07) is 9.76. The number of amides is 1. The van der Waals surface area contributed by atoms with E-state index in [4.69, 9.17) is 5.73 Å². The van der Waals surface area contributed by atoms with E-state index in [2.05, 4.69) is 6.07 Å². The summed E-state index contributed by atoms with van der Waals surface area (Å²) in [6.07, 6.45) is 0.258. The van der Waals surface area contributed by atoms with Crippen LogP contribution in [-0.4, -0.2) is 21.5 Å². The Balaban J connectivity index is 2.24. The first-order valence-electron chi connectivity index (χ1n) is 7.23. The molecule has 2 aliphatic heterocycles. The monoisotopic (exact) mass is 353 g/mol. The Kier molecular flexibility index (Phi) is 4.17. The second-order valence-corrected chi connectivity index (χ2v) is 6.44. The van der Waals surface area contributed by atoms with Gasteiger partial charge in [0.25, 0.3) is 5.69 Å². The topological polar surface area (TPSA) is 137 Å². The van der Waals surface area contributed by atoms with Crippen molar-refractivity contribution in [3.63, 3.8) is 0 Å². The fourth-order valence-corrected chi connectivity index (χ4v) is 4.01. The van der Waals surface area contributed by atoms with Crippen molar-refractivity contribution in [3.05, 3.63) is 61.9 Å². The van der Waals surface area contributed by atoms with Crippen molar-refractivity contribution in [2.75, 3.05) is 5.75 Å². The normalized spacial score (nSPS) is 20.0. The van der Waals surface area contributed by atoms with Crippen LogP contribution in [0.2, 0.25) is 0 Å². The number of carbonyl (C=O) groups is 1. The standard InChI is InChI=1S/C16H11N5O3S/c17-7-11-14(9-2-1-3-10(6-9)21(23)24)12(8-18)16-20(15(11)19)13(22)4-5-25-16/h1-3,6,14H,4-5,19H2. The third-order valence-corrected chi connectivity index (χ3v) is 5.07. The summed E-state index contributed by atoms with van der Waals surface area (Å²) in [5.41, 5.74) is 6.55. The van der Waals surface area contributed by atoms with E-state index in [1.165, 1.54) is 34.9 Å². The van der Waals surface area contributed by atoms with E-state index >= 15 is 0 Å². The molecule has 25 heavy (non-hydrogen) atoms. The fraction of sp³-hybridized carbons (Fsp3) is 0.188. The quantitative estimate of drug-likeness (QED) is 0.634. The molecular weight excluding hydrogens is 342 g/mol. The molecule has 3 rings (SSSR count). The fourth-order valence-electron chi connectivity index (χ4n) is 2.89. The van der Waals surface area contributed by atoms with Crippen LogP contribution in [0.4, 0.5) is 5.69 Å². The predicted octanol–water partition coefficient (Wildman–Crippen LogP) is 2.09. The highest BCUT2D eigenvalue weighted by Crippen LogP contribution is 2.45. The molecule has 2 aliphatic rings. The number of thioether (sulfide) groups is 1. The smallest absolute Gasteiger partial charge is 0.269 e. The van der Waals surface area contributed by atoms with Gasteiger partial charge in [0.15, 0.2) is 0 Å². The lowest BCUT2D eigenvalue weighted by molar-refractivity contribution is -0.384. The lowest BCUT2D eigenvalue weighted by atomic mass is 9.83. The number of hydrogen-bond acceptors (Lipinski definition) is 7. The molecule has 1 aromatic carbocycles. The Morgan fingerprint density at radius 1 is 1.32 bits per heavy atom. The molecule has 1 atom stereocenters. The summed E-state index contributed by atoms with van der Waals surface area (Å²) in [6.45, 7) is 0. The van der Waals surface area contributed by atoms with E-state index in [-0.39, 0.29) is 35.0 Å². The van der Waals surface area contributed by atoms with Gasteiger partial charge in [0.1, 0.15) is 5.82 Å². The lowest BCUT2D eigenvalue weighted by Gasteiger charge is -2.36. The van der Waals surface area contributed by atoms with Crippen molar-refractivity contribution >= 4 is 23.4 Å². The van der Waals surface area contributed by atoms with Gasteiger partial charge < -0.3 is 5.73 Å². The van der Waals surface area contributed by atoms with Crippen LogP contribution < -0.4 is 5.73 Å². The van der Waals surface area contributed by atoms with Gasteiger partial charge in [-0.05, 0) is 5.56 Å². The number of nitrogens with zero attached hydrogens (tertiary/aromatic N) is 4. The predicted molar refractivity (Wildman–Crippen MR) is 89.2 cm³/mol. The first-order valence-corrected chi connectivity index (χ1v) is 8.22. The number of allylic oxidation sites excluding steroid dienone is 2. The minimum atomic E-state index is -0.834. The molecule has 1 amide bonds. The second kappa shape index (κ2) is 6.30. The molecule has 8 nitrogen and oxygen atoms in total. The third kappa shape index (κ3) is 2.61. The zero-order chi connectivity index (χ0) is 18.1. The Morgan fingerprint density at radius 3 is 2.68 bits per heavy atom. The van der Waals surface area contributed by atoms with Crippen molar-refractivity contribution in [1.29, 1.82) is 10.5 Å². The molecule has 0 aromatic heterocycles. The minimum absolute atomic E-state index is 0.0230. The van der Waals surface area contributed by atoms with Crippen molar-refractivity contribution in [2.45, 2.75) is 12.3 Å². The molecule has 0 saturated carbocycles. The van der Waals surface area contributed by atoms with Gasteiger partial charge in [-0.3, -0.25) is 19.8 Å². The molecule has 0 aliphatic carbocycles. The molecule has 9 heteroatoms. The van der Waals surface area contributed by atoms with Gasteiger partial charge in [-0.25, -0.2) is 0 Å². The largest absolute Gasteiger partial charge is 0.384 e. The number of hydrogen-bond donors (Lipinski definition) is 1. The lowest BCUT2D eigenvalue weighted by Crippen LogP contribution is -2.40. The summed E-state index contributed by atoms with van der Waals surface area (Å²) >= 11 is 1.31. The van der Waals surface area contributed by atoms with E-state index < -0.39 is 10.8 Å². The minimum Gasteiger partial charge on any atom is -0.384 e. The molecule has 2 N–H and O–H groups in total. The maximum Gasteiger partial charge on any atom is 0.269 e. The average molecular weight is 353 g/mol. The molecular formula is C16H11N5O3S. The number of rotatable bonds is 2. The Labute approximate surface area is 147 Å². The first kappa shape index (κ1) is 16.6. The number of benzene rings is 1. The van der Waals surface area contributed by atoms with E-state index in [1.54, 1.807) is 6.07 Å². The Morgan fingerprint density at radius 2 is 2.04 bits per heavy atom. The molecule has 1 fully saturated rings. The van der Waals surface area contributed by atoms with Crippen LogP contribution in [0.15, 0.2) is 46.3 Å². The highest BCUT2D eigenvalue weighted by Gasteiger charge is 2.40. The van der Waals surface area contributed by atoms with E-state index in [9.17, 15) is 25.4 Å². The summed E-state index contributed by atoms with van der Waals surface area (Å²) in [5.74, 6) is -0.624. The number of fused-ring (bicyclic) bond motifs is 1. The molecule has 0 radical (unpaired) electrons. The Hall–Kier alpha value is -3.30. The molecule has 124 valence electrons. The Bertz CT molecular complexity index is 938. The number of nitro benzene ring substituents is 1. The summed E-state index contributed by atoms with van der Waals surface area (Å²) < 4.78 is 0. The van der Waals surface area contributed by atoms with Crippen LogP contribution in [0, 0.1) is 32.8 Å². The van der Waals surface area contributed by atoms with Gasteiger partial charge in [-0.15, -0.1) is 11.8 Å². The van der Waals surface area contributed by atoms with Crippen LogP contribution in [0.25, 0.3) is 0 Å². The summed E-state index contributed by atoms with van der Waals surface area (Å²) in [4.78, 5) is 23.9. The van der Waals surface area contributed by atoms with Gasteiger partial charge in [0, 0.05) is 24.3 Å². The molecule has 1 aromatic rings. The molecule has 2 heterocycles. The average Bonchev–Trinajstić information content (AvgIpc) is 2.61. The molecule has 1 unspecified atom stereocenters. The zero-order valence-electron chi connectivity index (χ0n) is 12.8. The number of carbonyl (C=O) groups excluding carboxylic acids is 1. The summed E-state index contributed by atoms with van der Waals surface area (Å²) in [7, 11) is 0. The number of nitriles is 2. The number of nitro groups is 1. The van der Waals surface area contributed by atoms with E-state index in [1.807, 2.05) is 6.07 Å². The highest BCUT2D eigenvalue weighted by molar-refractivity contribution is 8.03. The van der Waals surface area contributed by atoms with Crippen molar-refractivity contribution in [3.8, 4) is 12.1 Å². The highest BCUT2D eigenvalue weighted by atomic mass is 32.2. The van der Waals surface area contributed by atoms with Crippen molar-refractivity contribution in [2.24, 2.45) is 5.73 Å². The van der Waals surface area contributed by atoms with Gasteiger partial charge in [-0.2, -0.15) is 10.5 Å². The first-order chi connectivity index (χ1) is 12.0. The zero-order valence-corrected chi connectivity index (χ0v) is 13.6. The van der Waals surface area contributed by atoms with E-state index in [0.717, 1.165) is 0 Å². The van der Waals surface area contributed by atoms with Crippen LogP contribution >= 0.6 is 11.8 Å². The molecule has 1 saturated heterocycles. The van der Waals surface area contributed by atoms with Crippen LogP contribution in [0.3, 0.4) is 0 Å². The molecule has 0 bridgehead atoms. The number of non-ortho nitro benzene ring substituents is 1. The number of nitrogens with two attached hydrogens (primary N) is 1. The second-order valence-electron chi connectivity index (χ2n) is 5.35. The van der Waals surface area contributed by atoms with Crippen LogP contribution in [0.5, 0.6) is 0 Å². The maximum absolute atomic E-state index is 12.2. The van der Waals surface area contributed by atoms with Gasteiger partial charge in [-0.1, -0.05) is 12.1 Å². The maximum atomic E-state index is 12.2. The van der Waals surface area contributed by atoms with Crippen molar-refractivity contribution in [1.82, 2.24) is 4.90 Å². The van der Waals surface area contributed by atoms with Gasteiger partial charge >= 0.3 is 0 Å². The SMILES string of the molecule is N#CC1=C(N)N2C(=O)CCSC2=C(C#N)C1c1cccc([N+](=O)[O-])c1. The third-order valence-electron chi connectivity index (χ3n) is 3.99. The van der Waals surface area contributed by atoms with Crippen LogP contribution in [-0.2, 0) is 4.79 Å². The van der Waals surface area contributed by atoms with Gasteiger partial charge in [0.2, 0.25) is 5.91 Å². The van der Waals surface area contributed by atoms with Gasteiger partial charge in [0.05, 0.1) is 39.2 Å². The van der Waals surface area contributed by atoms with E-state index in [0.29, 0.717) is 16.3 Å². The van der Waals surface area contributed by atoms with Crippen LogP contribution in [0.1, 0.15) is 17.9 Å². The molecule has 0 spiro atoms. The van der Waals surface area contributed by atoms with Crippen molar-refractivity contribution < 1.29 is 9.72 Å².